The van der Waals surface area contributed by atoms with Crippen LogP contribution in [0.3, 0.4) is 0 Å². The van der Waals surface area contributed by atoms with Crippen LogP contribution in [0, 0.1) is 15.3 Å². The molecule has 0 saturated carbocycles. The van der Waals surface area contributed by atoms with Gasteiger partial charge in [-0.15, -0.1) is 12.4 Å². The minimum atomic E-state index is -0.336. The lowest BCUT2D eigenvalue weighted by molar-refractivity contribution is 0.0680. The van der Waals surface area contributed by atoms with Crippen molar-refractivity contribution in [2.75, 3.05) is 13.1 Å². The van der Waals surface area contributed by atoms with Crippen LogP contribution in [0.5, 0.6) is 0 Å². The molecule has 1 amide bonds. The molecule has 0 aliphatic carbocycles. The molecule has 1 aliphatic heterocycles. The van der Waals surface area contributed by atoms with E-state index in [0.29, 0.717) is 28.1 Å². The van der Waals surface area contributed by atoms with Gasteiger partial charge in [-0.05, 0) is 66.5 Å². The first-order valence-corrected chi connectivity index (χ1v) is 7.57. The van der Waals surface area contributed by atoms with Crippen molar-refractivity contribution in [2.24, 2.45) is 11.7 Å². The number of rotatable bonds is 2. The highest BCUT2D eigenvalue weighted by Gasteiger charge is 2.25. The van der Waals surface area contributed by atoms with Crippen molar-refractivity contribution < 1.29 is 9.18 Å². The van der Waals surface area contributed by atoms with Crippen molar-refractivity contribution in [3.8, 4) is 0 Å². The molecule has 0 spiro atoms. The van der Waals surface area contributed by atoms with Gasteiger partial charge < -0.3 is 10.6 Å². The number of hydrogen-bond acceptors (Lipinski definition) is 2. The Morgan fingerprint density at radius 3 is 2.55 bits per heavy atom. The molecule has 0 radical (unpaired) electrons. The molecule has 112 valence electrons. The fourth-order valence-electron chi connectivity index (χ4n) is 2.44. The number of hydrogen-bond donors (Lipinski definition) is 1. The number of likely N-dealkylation sites (tertiary alicyclic amines) is 1. The lowest BCUT2D eigenvalue weighted by atomic mass is 9.90. The highest BCUT2D eigenvalue weighted by Crippen LogP contribution is 2.22. The standard InChI is InChI=1S/C14H18FIN2O.ClH/c1-9(17)10-4-6-18(7-5-10)14(19)11-2-3-13(16)12(15)8-11;/h2-3,8-10H,4-7,17H2,1H3;1H. The number of benzene rings is 1. The molecule has 2 rings (SSSR count). The summed E-state index contributed by atoms with van der Waals surface area (Å²) in [5.41, 5.74) is 6.31. The van der Waals surface area contributed by atoms with Crippen LogP contribution in [0.2, 0.25) is 0 Å². The minimum Gasteiger partial charge on any atom is -0.339 e. The van der Waals surface area contributed by atoms with E-state index in [2.05, 4.69) is 0 Å². The van der Waals surface area contributed by atoms with Gasteiger partial charge >= 0.3 is 0 Å². The number of nitrogens with two attached hydrogens (primary N) is 1. The van der Waals surface area contributed by atoms with E-state index in [1.165, 1.54) is 6.07 Å². The summed E-state index contributed by atoms with van der Waals surface area (Å²) in [5.74, 6) is 0.0628. The normalized spacial score (nSPS) is 17.5. The molecule has 1 saturated heterocycles. The zero-order valence-electron chi connectivity index (χ0n) is 11.3. The van der Waals surface area contributed by atoms with E-state index >= 15 is 0 Å². The smallest absolute Gasteiger partial charge is 0.253 e. The van der Waals surface area contributed by atoms with E-state index in [1.54, 1.807) is 17.0 Å². The van der Waals surface area contributed by atoms with Crippen molar-refractivity contribution in [3.63, 3.8) is 0 Å². The summed E-state index contributed by atoms with van der Waals surface area (Å²) in [6, 6.07) is 4.82. The van der Waals surface area contributed by atoms with Crippen LogP contribution in [0.15, 0.2) is 18.2 Å². The van der Waals surface area contributed by atoms with Gasteiger partial charge in [0, 0.05) is 28.3 Å². The molecule has 6 heteroatoms. The van der Waals surface area contributed by atoms with Crippen LogP contribution in [-0.4, -0.2) is 29.9 Å². The first-order chi connectivity index (χ1) is 8.99. The number of nitrogens with zero attached hydrogens (tertiary/aromatic N) is 1. The van der Waals surface area contributed by atoms with E-state index in [1.807, 2.05) is 29.5 Å². The predicted molar refractivity (Wildman–Crippen MR) is 88.6 cm³/mol. The second kappa shape index (κ2) is 7.56. The quantitative estimate of drug-likeness (QED) is 0.759. The minimum absolute atomic E-state index is 0. The Morgan fingerprint density at radius 1 is 1.45 bits per heavy atom. The third-order valence-corrected chi connectivity index (χ3v) is 4.61. The Balaban J connectivity index is 0.00000200. The molecule has 1 fully saturated rings. The average Bonchev–Trinajstić information content (AvgIpc) is 2.41. The highest BCUT2D eigenvalue weighted by atomic mass is 127. The Bertz CT molecular complexity index is 476. The average molecular weight is 413 g/mol. The number of amides is 1. The topological polar surface area (TPSA) is 46.3 Å². The Kier molecular flexibility index (Phi) is 6.68. The largest absolute Gasteiger partial charge is 0.339 e. The van der Waals surface area contributed by atoms with E-state index in [0.717, 1.165) is 12.8 Å². The molecule has 0 aromatic heterocycles. The highest BCUT2D eigenvalue weighted by molar-refractivity contribution is 14.1. The second-order valence-electron chi connectivity index (χ2n) is 5.12. The lowest BCUT2D eigenvalue weighted by Crippen LogP contribution is -2.42. The van der Waals surface area contributed by atoms with Gasteiger partial charge in [0.05, 0.1) is 0 Å². The van der Waals surface area contributed by atoms with E-state index < -0.39 is 0 Å². The van der Waals surface area contributed by atoms with E-state index in [9.17, 15) is 9.18 Å². The summed E-state index contributed by atoms with van der Waals surface area (Å²) in [6.07, 6.45) is 1.85. The molecule has 1 aromatic rings. The van der Waals surface area contributed by atoms with Gasteiger partial charge in [0.1, 0.15) is 5.82 Å². The fourth-order valence-corrected chi connectivity index (χ4v) is 2.78. The first-order valence-electron chi connectivity index (χ1n) is 6.49. The molecule has 1 atom stereocenters. The van der Waals surface area contributed by atoms with Crippen molar-refractivity contribution in [2.45, 2.75) is 25.8 Å². The van der Waals surface area contributed by atoms with Crippen molar-refractivity contribution >= 4 is 40.9 Å². The maximum absolute atomic E-state index is 13.5. The molecule has 1 aromatic carbocycles. The summed E-state index contributed by atoms with van der Waals surface area (Å²) in [5, 5.41) is 0. The van der Waals surface area contributed by atoms with Gasteiger partial charge in [0.15, 0.2) is 0 Å². The second-order valence-corrected chi connectivity index (χ2v) is 6.28. The van der Waals surface area contributed by atoms with Gasteiger partial charge in [0.2, 0.25) is 0 Å². The van der Waals surface area contributed by atoms with Gasteiger partial charge in [-0.1, -0.05) is 0 Å². The molecule has 3 nitrogen and oxygen atoms in total. The Morgan fingerprint density at radius 2 is 2.05 bits per heavy atom. The van der Waals surface area contributed by atoms with Crippen LogP contribution in [0.25, 0.3) is 0 Å². The molecule has 1 heterocycles. The molecule has 20 heavy (non-hydrogen) atoms. The van der Waals surface area contributed by atoms with Gasteiger partial charge in [0.25, 0.3) is 5.91 Å². The van der Waals surface area contributed by atoms with Crippen molar-refractivity contribution in [1.29, 1.82) is 0 Å². The van der Waals surface area contributed by atoms with Gasteiger partial charge in [-0.3, -0.25) is 4.79 Å². The molecule has 0 bridgehead atoms. The van der Waals surface area contributed by atoms with Gasteiger partial charge in [-0.25, -0.2) is 4.39 Å². The van der Waals surface area contributed by atoms with E-state index in [4.69, 9.17) is 5.73 Å². The predicted octanol–water partition coefficient (Wildman–Crippen LogP) is 3.05. The maximum Gasteiger partial charge on any atom is 0.253 e. The molecular weight excluding hydrogens is 394 g/mol. The molecule has 1 unspecified atom stereocenters. The molecular formula is C14H19ClFIN2O. The van der Waals surface area contributed by atoms with Crippen molar-refractivity contribution in [3.05, 3.63) is 33.1 Å². The van der Waals surface area contributed by atoms with Crippen LogP contribution in [0.1, 0.15) is 30.1 Å². The number of piperidine rings is 1. The summed E-state index contributed by atoms with van der Waals surface area (Å²) in [4.78, 5) is 14.1. The summed E-state index contributed by atoms with van der Waals surface area (Å²) in [7, 11) is 0. The third kappa shape index (κ3) is 4.05. The lowest BCUT2D eigenvalue weighted by Gasteiger charge is -2.33. The first kappa shape index (κ1) is 17.7. The molecule has 1 aliphatic rings. The number of carbonyl (C=O) groups is 1. The van der Waals surface area contributed by atoms with Crippen LogP contribution in [-0.2, 0) is 0 Å². The number of carbonyl (C=O) groups excluding carboxylic acids is 1. The summed E-state index contributed by atoms with van der Waals surface area (Å²) < 4.78 is 14.0. The zero-order valence-corrected chi connectivity index (χ0v) is 14.3. The number of halogens is 3. The Hall–Kier alpha value is -0.400. The van der Waals surface area contributed by atoms with Crippen LogP contribution < -0.4 is 5.73 Å². The van der Waals surface area contributed by atoms with Crippen LogP contribution in [0.4, 0.5) is 4.39 Å². The fraction of sp³-hybridized carbons (Fsp3) is 0.500. The SMILES string of the molecule is CC(N)C1CCN(C(=O)c2ccc(I)c(F)c2)CC1.Cl. The summed E-state index contributed by atoms with van der Waals surface area (Å²) >= 11 is 1.91. The van der Waals surface area contributed by atoms with Crippen LogP contribution >= 0.6 is 35.0 Å². The Labute approximate surface area is 138 Å². The van der Waals surface area contributed by atoms with E-state index in [-0.39, 0.29) is 30.2 Å². The maximum atomic E-state index is 13.5. The zero-order chi connectivity index (χ0) is 14.0. The van der Waals surface area contributed by atoms with Gasteiger partial charge in [-0.2, -0.15) is 0 Å². The van der Waals surface area contributed by atoms with Crippen molar-refractivity contribution in [1.82, 2.24) is 4.90 Å². The third-order valence-electron chi connectivity index (χ3n) is 3.74. The molecule has 2 N–H and O–H groups in total. The summed E-state index contributed by atoms with van der Waals surface area (Å²) in [6.45, 7) is 3.42. The monoisotopic (exact) mass is 412 g/mol.